The summed E-state index contributed by atoms with van der Waals surface area (Å²) >= 11 is 1.62. The predicted octanol–water partition coefficient (Wildman–Crippen LogP) is 4.71. The lowest BCUT2D eigenvalue weighted by Crippen LogP contribution is -2.29. The zero-order chi connectivity index (χ0) is 18.5. The molecule has 0 spiro atoms. The molecule has 3 aromatic rings. The molecule has 5 nitrogen and oxygen atoms in total. The molecule has 1 aliphatic carbocycles. The van der Waals surface area contributed by atoms with Crippen LogP contribution in [0.3, 0.4) is 0 Å². The highest BCUT2D eigenvalue weighted by atomic mass is 32.1. The van der Waals surface area contributed by atoms with Gasteiger partial charge in [0.05, 0.1) is 11.3 Å². The van der Waals surface area contributed by atoms with Crippen LogP contribution in [0.1, 0.15) is 47.1 Å². The summed E-state index contributed by atoms with van der Waals surface area (Å²) < 4.78 is 5.51. The summed E-state index contributed by atoms with van der Waals surface area (Å²) in [5, 5.41) is 21.8. The summed E-state index contributed by atoms with van der Waals surface area (Å²) in [7, 11) is 0. The predicted molar refractivity (Wildman–Crippen MR) is 103 cm³/mol. The van der Waals surface area contributed by atoms with Gasteiger partial charge in [0, 0.05) is 29.5 Å². The summed E-state index contributed by atoms with van der Waals surface area (Å²) in [5.74, 6) is 0.763. The highest BCUT2D eigenvalue weighted by molar-refractivity contribution is 7.08. The van der Waals surface area contributed by atoms with Crippen LogP contribution in [0.15, 0.2) is 56.9 Å². The van der Waals surface area contributed by atoms with E-state index in [2.05, 4.69) is 21.9 Å². The molecule has 2 atom stereocenters. The Hall–Kier alpha value is -2.86. The number of benzene rings is 1. The van der Waals surface area contributed by atoms with Crippen LogP contribution < -0.4 is 5.32 Å². The molecule has 0 unspecified atom stereocenters. The van der Waals surface area contributed by atoms with E-state index in [1.165, 1.54) is 0 Å². The van der Waals surface area contributed by atoms with Crippen LogP contribution >= 0.6 is 11.3 Å². The molecule has 0 saturated carbocycles. The summed E-state index contributed by atoms with van der Waals surface area (Å²) in [4.78, 5) is 13.2. The number of para-hydroxylation sites is 1. The van der Waals surface area contributed by atoms with Crippen molar-refractivity contribution >= 4 is 23.0 Å². The minimum atomic E-state index is -0.147. The van der Waals surface area contributed by atoms with E-state index in [-0.39, 0.29) is 23.4 Å². The number of ketones is 1. The van der Waals surface area contributed by atoms with E-state index in [1.54, 1.807) is 23.5 Å². The first-order valence-corrected chi connectivity index (χ1v) is 9.87. The number of allylic oxidation sites excluding steroid dienone is 2. The number of Topliss-reactive ketones (excluding diaryl/α,β-unsaturated/α-hetero) is 1. The van der Waals surface area contributed by atoms with Crippen LogP contribution in [0.4, 0.5) is 5.88 Å². The van der Waals surface area contributed by atoms with Crippen LogP contribution in [-0.4, -0.2) is 16.0 Å². The average molecular weight is 378 g/mol. The SMILES string of the molecule is Cc1noc2c1[C@H](c1ccsc1)C1=C(C[C@@H](c3ccccc3O)CC1=O)N2. The third kappa shape index (κ3) is 2.51. The van der Waals surface area contributed by atoms with Gasteiger partial charge in [-0.2, -0.15) is 11.3 Å². The lowest BCUT2D eigenvalue weighted by molar-refractivity contribution is -0.116. The maximum Gasteiger partial charge on any atom is 0.233 e. The average Bonchev–Trinajstić information content (AvgIpc) is 3.31. The number of aromatic nitrogens is 1. The van der Waals surface area contributed by atoms with Crippen molar-refractivity contribution < 1.29 is 14.4 Å². The standard InChI is InChI=1S/C21H18N2O3S/c1-11-18-19(12-6-7-27-10-12)20-15(22-21(18)26-23-11)8-13(9-17(20)25)14-4-2-3-5-16(14)24/h2-7,10,13,19,22,24H,8-9H2,1H3/t13-,19+/m1/s1. The molecule has 0 saturated heterocycles. The van der Waals surface area contributed by atoms with Gasteiger partial charge in [-0.25, -0.2) is 0 Å². The van der Waals surface area contributed by atoms with E-state index >= 15 is 0 Å². The number of phenolic OH excluding ortho intramolecular Hbond substituents is 1. The van der Waals surface area contributed by atoms with Crippen molar-refractivity contribution in [3.8, 4) is 5.75 Å². The van der Waals surface area contributed by atoms with E-state index in [0.29, 0.717) is 18.7 Å². The molecular weight excluding hydrogens is 360 g/mol. The number of rotatable bonds is 2. The van der Waals surface area contributed by atoms with Gasteiger partial charge in [-0.15, -0.1) is 0 Å². The van der Waals surface area contributed by atoms with Crippen molar-refractivity contribution in [2.75, 3.05) is 5.32 Å². The quantitative estimate of drug-likeness (QED) is 0.675. The second-order valence-corrected chi connectivity index (χ2v) is 7.88. The first kappa shape index (κ1) is 16.3. The fourth-order valence-electron chi connectivity index (χ4n) is 4.30. The lowest BCUT2D eigenvalue weighted by Gasteiger charge is -2.34. The molecule has 1 aromatic carbocycles. The molecule has 0 radical (unpaired) electrons. The lowest BCUT2D eigenvalue weighted by atomic mass is 9.73. The van der Waals surface area contributed by atoms with Gasteiger partial charge >= 0.3 is 0 Å². The van der Waals surface area contributed by atoms with Gasteiger partial charge < -0.3 is 14.9 Å². The molecule has 6 heteroatoms. The Labute approximate surface area is 160 Å². The molecular formula is C21H18N2O3S. The monoisotopic (exact) mass is 378 g/mol. The van der Waals surface area contributed by atoms with Gasteiger partial charge in [0.2, 0.25) is 5.88 Å². The summed E-state index contributed by atoms with van der Waals surface area (Å²) in [5.41, 5.74) is 5.33. The number of anilines is 1. The maximum atomic E-state index is 13.2. The minimum absolute atomic E-state index is 0.0568. The number of carbonyl (C=O) groups is 1. The number of hydrogen-bond acceptors (Lipinski definition) is 6. The Bertz CT molecular complexity index is 1070. The zero-order valence-corrected chi connectivity index (χ0v) is 15.5. The highest BCUT2D eigenvalue weighted by Crippen LogP contribution is 2.49. The van der Waals surface area contributed by atoms with Gasteiger partial charge in [0.1, 0.15) is 5.75 Å². The Balaban J connectivity index is 1.63. The van der Waals surface area contributed by atoms with Crippen LogP contribution in [-0.2, 0) is 4.79 Å². The van der Waals surface area contributed by atoms with E-state index in [9.17, 15) is 9.90 Å². The molecule has 0 fully saturated rings. The molecule has 0 amide bonds. The first-order valence-electron chi connectivity index (χ1n) is 8.93. The second-order valence-electron chi connectivity index (χ2n) is 7.10. The second kappa shape index (κ2) is 6.09. The summed E-state index contributed by atoms with van der Waals surface area (Å²) in [6.45, 7) is 1.91. The maximum absolute atomic E-state index is 13.2. The van der Waals surface area contributed by atoms with Crippen molar-refractivity contribution in [2.45, 2.75) is 31.6 Å². The third-order valence-electron chi connectivity index (χ3n) is 5.51. The Morgan fingerprint density at radius 2 is 2.11 bits per heavy atom. The molecule has 2 aromatic heterocycles. The molecule has 2 N–H and O–H groups in total. The number of carbonyl (C=O) groups excluding carboxylic acids is 1. The number of aromatic hydroxyl groups is 1. The van der Waals surface area contributed by atoms with E-state index < -0.39 is 0 Å². The topological polar surface area (TPSA) is 75.4 Å². The third-order valence-corrected chi connectivity index (χ3v) is 6.21. The van der Waals surface area contributed by atoms with E-state index in [4.69, 9.17) is 4.52 Å². The van der Waals surface area contributed by atoms with Crippen molar-refractivity contribution in [1.82, 2.24) is 5.16 Å². The number of aryl methyl sites for hydroxylation is 1. The van der Waals surface area contributed by atoms with Crippen molar-refractivity contribution in [3.05, 3.63) is 74.7 Å². The van der Waals surface area contributed by atoms with E-state index in [0.717, 1.165) is 33.7 Å². The fourth-order valence-corrected chi connectivity index (χ4v) is 4.98. The number of fused-ring (bicyclic) bond motifs is 1. The van der Waals surface area contributed by atoms with Crippen LogP contribution in [0.25, 0.3) is 0 Å². The van der Waals surface area contributed by atoms with Crippen LogP contribution in [0.2, 0.25) is 0 Å². The number of hydrogen-bond donors (Lipinski definition) is 2. The van der Waals surface area contributed by atoms with Crippen molar-refractivity contribution in [1.29, 1.82) is 0 Å². The Morgan fingerprint density at radius 1 is 1.26 bits per heavy atom. The molecule has 5 rings (SSSR count). The molecule has 0 bridgehead atoms. The van der Waals surface area contributed by atoms with Crippen LogP contribution in [0, 0.1) is 6.92 Å². The number of thiophene rings is 1. The molecule has 1 aliphatic heterocycles. The number of nitrogens with one attached hydrogen (secondary N) is 1. The summed E-state index contributed by atoms with van der Waals surface area (Å²) in [6.07, 6.45) is 1.04. The highest BCUT2D eigenvalue weighted by Gasteiger charge is 2.41. The first-order chi connectivity index (χ1) is 13.1. The van der Waals surface area contributed by atoms with Crippen molar-refractivity contribution in [3.63, 3.8) is 0 Å². The van der Waals surface area contributed by atoms with Gasteiger partial charge in [0.25, 0.3) is 0 Å². The van der Waals surface area contributed by atoms with Gasteiger partial charge in [0.15, 0.2) is 5.78 Å². The van der Waals surface area contributed by atoms with Crippen molar-refractivity contribution in [2.24, 2.45) is 0 Å². The summed E-state index contributed by atoms with van der Waals surface area (Å²) in [6, 6.07) is 9.31. The largest absolute Gasteiger partial charge is 0.508 e. The fraction of sp³-hybridized carbons (Fsp3) is 0.238. The molecule has 2 aliphatic rings. The normalized spacial score (nSPS) is 21.6. The van der Waals surface area contributed by atoms with Gasteiger partial charge in [-0.1, -0.05) is 23.4 Å². The number of nitrogens with zero attached hydrogens (tertiary/aromatic N) is 1. The Morgan fingerprint density at radius 3 is 2.89 bits per heavy atom. The molecule has 27 heavy (non-hydrogen) atoms. The van der Waals surface area contributed by atoms with Gasteiger partial charge in [-0.3, -0.25) is 4.79 Å². The molecule has 136 valence electrons. The van der Waals surface area contributed by atoms with Crippen LogP contribution in [0.5, 0.6) is 5.75 Å². The van der Waals surface area contributed by atoms with Gasteiger partial charge in [-0.05, 0) is 47.4 Å². The smallest absolute Gasteiger partial charge is 0.233 e. The molecule has 3 heterocycles. The van der Waals surface area contributed by atoms with E-state index in [1.807, 2.05) is 24.4 Å². The zero-order valence-electron chi connectivity index (χ0n) is 14.7. The number of phenols is 1. The minimum Gasteiger partial charge on any atom is -0.508 e. The Kier molecular flexibility index (Phi) is 3.68.